The number of carbonyl (C=O) groups excluding carboxylic acids is 1. The van der Waals surface area contributed by atoms with Crippen LogP contribution in [0.5, 0.6) is 0 Å². The fourth-order valence-corrected chi connectivity index (χ4v) is 4.39. The molecule has 4 rings (SSSR count). The molecule has 0 saturated heterocycles. The number of rotatable bonds is 6. The highest BCUT2D eigenvalue weighted by atomic mass is 32.2. The van der Waals surface area contributed by atoms with Crippen molar-refractivity contribution in [1.29, 1.82) is 0 Å². The average Bonchev–Trinajstić information content (AvgIpc) is 3.36. The molecule has 1 amide bonds. The van der Waals surface area contributed by atoms with Gasteiger partial charge in [-0.3, -0.25) is 14.6 Å². The number of hydrogen-bond acceptors (Lipinski definition) is 5. The highest BCUT2D eigenvalue weighted by Gasteiger charge is 2.18. The van der Waals surface area contributed by atoms with E-state index in [2.05, 4.69) is 20.2 Å². The molecule has 2 aromatic heterocycles. The van der Waals surface area contributed by atoms with Crippen LogP contribution in [0.25, 0.3) is 10.9 Å². The first-order valence-electron chi connectivity index (χ1n) is 8.39. The predicted molar refractivity (Wildman–Crippen MR) is 109 cm³/mol. The van der Waals surface area contributed by atoms with Crippen molar-refractivity contribution in [3.05, 3.63) is 76.5 Å². The summed E-state index contributed by atoms with van der Waals surface area (Å²) in [6.45, 7) is 0.438. The summed E-state index contributed by atoms with van der Waals surface area (Å²) < 4.78 is 27.6. The lowest BCUT2D eigenvalue weighted by Gasteiger charge is -2.07. The van der Waals surface area contributed by atoms with E-state index in [9.17, 15) is 13.2 Å². The fourth-order valence-electron chi connectivity index (χ4n) is 2.70. The van der Waals surface area contributed by atoms with Gasteiger partial charge in [-0.15, -0.1) is 11.3 Å². The Morgan fingerprint density at radius 2 is 1.89 bits per heavy atom. The summed E-state index contributed by atoms with van der Waals surface area (Å²) in [5, 5.41) is 12.1. The second-order valence-electron chi connectivity index (χ2n) is 6.01. The smallest absolute Gasteiger partial charge is 0.263 e. The Hall–Kier alpha value is -3.17. The fraction of sp³-hybridized carbons (Fsp3) is 0.0526. The van der Waals surface area contributed by atoms with Gasteiger partial charge in [0.05, 0.1) is 17.0 Å². The molecule has 0 unspecified atom stereocenters. The third-order valence-corrected chi connectivity index (χ3v) is 6.34. The summed E-state index contributed by atoms with van der Waals surface area (Å²) in [7, 11) is -3.78. The Balaban J connectivity index is 1.58. The first-order valence-corrected chi connectivity index (χ1v) is 10.8. The van der Waals surface area contributed by atoms with Gasteiger partial charge in [0.1, 0.15) is 0 Å². The SMILES string of the molecule is O=C(NCc1cccs1)c1ccc2[nH]nc(NS(=O)(=O)c3ccccc3)c2c1. The first-order chi connectivity index (χ1) is 13.5. The largest absolute Gasteiger partial charge is 0.347 e. The minimum atomic E-state index is -3.78. The quantitative estimate of drug-likeness (QED) is 0.452. The number of amides is 1. The molecule has 0 aliphatic carbocycles. The molecule has 9 heteroatoms. The van der Waals surface area contributed by atoms with Crippen LogP contribution in [-0.4, -0.2) is 24.5 Å². The Morgan fingerprint density at radius 1 is 1.07 bits per heavy atom. The average molecular weight is 412 g/mol. The Labute approximate surface area is 165 Å². The number of thiophene rings is 1. The van der Waals surface area contributed by atoms with Crippen molar-refractivity contribution in [2.75, 3.05) is 4.72 Å². The molecule has 0 atom stereocenters. The standard InChI is InChI=1S/C19H16N4O3S2/c24-19(20-12-14-5-4-10-27-14)13-8-9-17-16(11-13)18(22-21-17)23-28(25,26)15-6-2-1-3-7-15/h1-11H,12H2,(H,20,24)(H2,21,22,23). The molecule has 7 nitrogen and oxygen atoms in total. The van der Waals surface area contributed by atoms with Crippen molar-refractivity contribution in [2.24, 2.45) is 0 Å². The number of aromatic amines is 1. The monoisotopic (exact) mass is 412 g/mol. The van der Waals surface area contributed by atoms with Gasteiger partial charge in [-0.05, 0) is 41.8 Å². The second-order valence-corrected chi connectivity index (χ2v) is 8.73. The highest BCUT2D eigenvalue weighted by Crippen LogP contribution is 2.24. The molecular weight excluding hydrogens is 396 g/mol. The molecule has 0 aliphatic heterocycles. The molecule has 0 radical (unpaired) electrons. The summed E-state index contributed by atoms with van der Waals surface area (Å²) in [6, 6.07) is 16.9. The number of fused-ring (bicyclic) bond motifs is 1. The maximum absolute atomic E-state index is 12.6. The van der Waals surface area contributed by atoms with Gasteiger partial charge < -0.3 is 5.32 Å². The van der Waals surface area contributed by atoms with Crippen molar-refractivity contribution >= 4 is 44.0 Å². The van der Waals surface area contributed by atoms with E-state index >= 15 is 0 Å². The van der Waals surface area contributed by atoms with Crippen LogP contribution in [0.1, 0.15) is 15.2 Å². The molecule has 142 valence electrons. The highest BCUT2D eigenvalue weighted by molar-refractivity contribution is 7.92. The van der Waals surface area contributed by atoms with E-state index in [4.69, 9.17) is 0 Å². The molecular formula is C19H16N4O3S2. The van der Waals surface area contributed by atoms with Crippen LogP contribution in [0.3, 0.4) is 0 Å². The molecule has 2 heterocycles. The number of benzene rings is 2. The van der Waals surface area contributed by atoms with Gasteiger partial charge in [0.15, 0.2) is 5.82 Å². The molecule has 0 spiro atoms. The van der Waals surface area contributed by atoms with Crippen LogP contribution in [0.4, 0.5) is 5.82 Å². The maximum atomic E-state index is 12.6. The summed E-state index contributed by atoms with van der Waals surface area (Å²) in [4.78, 5) is 13.6. The van der Waals surface area contributed by atoms with Gasteiger partial charge in [-0.2, -0.15) is 5.10 Å². The Bertz CT molecular complexity index is 1220. The number of carbonyl (C=O) groups is 1. The van der Waals surface area contributed by atoms with E-state index in [1.54, 1.807) is 47.7 Å². The normalized spacial score (nSPS) is 11.4. The van der Waals surface area contributed by atoms with Crippen LogP contribution in [0.15, 0.2) is 70.9 Å². The zero-order valence-electron chi connectivity index (χ0n) is 14.5. The number of aromatic nitrogens is 2. The van der Waals surface area contributed by atoms with E-state index in [-0.39, 0.29) is 16.6 Å². The number of anilines is 1. The third-order valence-electron chi connectivity index (χ3n) is 4.11. The van der Waals surface area contributed by atoms with Crippen LogP contribution >= 0.6 is 11.3 Å². The van der Waals surface area contributed by atoms with E-state index in [0.29, 0.717) is 23.0 Å². The summed E-state index contributed by atoms with van der Waals surface area (Å²) in [5.41, 5.74) is 1.05. The third kappa shape index (κ3) is 3.75. The summed E-state index contributed by atoms with van der Waals surface area (Å²) in [5.74, 6) is -0.0971. The Kier molecular flexibility index (Phi) is 4.84. The molecule has 0 fully saturated rings. The van der Waals surface area contributed by atoms with Crippen LogP contribution < -0.4 is 10.0 Å². The number of nitrogens with one attached hydrogen (secondary N) is 3. The topological polar surface area (TPSA) is 104 Å². The van der Waals surface area contributed by atoms with E-state index in [0.717, 1.165) is 4.88 Å². The van der Waals surface area contributed by atoms with Crippen molar-refractivity contribution < 1.29 is 13.2 Å². The van der Waals surface area contributed by atoms with Crippen LogP contribution in [-0.2, 0) is 16.6 Å². The lowest BCUT2D eigenvalue weighted by molar-refractivity contribution is 0.0951. The molecule has 3 N–H and O–H groups in total. The van der Waals surface area contributed by atoms with E-state index in [1.807, 2.05) is 17.5 Å². The van der Waals surface area contributed by atoms with Gasteiger partial charge in [0.2, 0.25) is 0 Å². The number of hydrogen-bond donors (Lipinski definition) is 3. The zero-order chi connectivity index (χ0) is 19.6. The molecule has 4 aromatic rings. The minimum absolute atomic E-state index is 0.135. The summed E-state index contributed by atoms with van der Waals surface area (Å²) in [6.07, 6.45) is 0. The molecule has 0 saturated carbocycles. The van der Waals surface area contributed by atoms with Gasteiger partial charge >= 0.3 is 0 Å². The first kappa shape index (κ1) is 18.2. The van der Waals surface area contributed by atoms with Gasteiger partial charge in [0, 0.05) is 15.8 Å². The maximum Gasteiger partial charge on any atom is 0.263 e. The minimum Gasteiger partial charge on any atom is -0.347 e. The number of sulfonamides is 1. The van der Waals surface area contributed by atoms with Gasteiger partial charge in [-0.1, -0.05) is 24.3 Å². The molecule has 2 aromatic carbocycles. The Morgan fingerprint density at radius 3 is 2.64 bits per heavy atom. The van der Waals surface area contributed by atoms with Crippen LogP contribution in [0, 0.1) is 0 Å². The van der Waals surface area contributed by atoms with Crippen molar-refractivity contribution in [3.8, 4) is 0 Å². The van der Waals surface area contributed by atoms with E-state index in [1.165, 1.54) is 12.1 Å². The zero-order valence-corrected chi connectivity index (χ0v) is 16.2. The van der Waals surface area contributed by atoms with Crippen molar-refractivity contribution in [2.45, 2.75) is 11.4 Å². The lowest BCUT2D eigenvalue weighted by atomic mass is 10.1. The lowest BCUT2D eigenvalue weighted by Crippen LogP contribution is -2.22. The number of H-pyrrole nitrogens is 1. The molecule has 0 bridgehead atoms. The van der Waals surface area contributed by atoms with Gasteiger partial charge in [-0.25, -0.2) is 8.42 Å². The van der Waals surface area contributed by atoms with Crippen LogP contribution in [0.2, 0.25) is 0 Å². The van der Waals surface area contributed by atoms with Crippen molar-refractivity contribution in [3.63, 3.8) is 0 Å². The predicted octanol–water partition coefficient (Wildman–Crippen LogP) is 3.36. The molecule has 28 heavy (non-hydrogen) atoms. The summed E-state index contributed by atoms with van der Waals surface area (Å²) >= 11 is 1.56. The number of nitrogens with zero attached hydrogens (tertiary/aromatic N) is 1. The van der Waals surface area contributed by atoms with E-state index < -0.39 is 10.0 Å². The second kappa shape index (κ2) is 7.45. The van der Waals surface area contributed by atoms with Crippen molar-refractivity contribution in [1.82, 2.24) is 15.5 Å². The van der Waals surface area contributed by atoms with Gasteiger partial charge in [0.25, 0.3) is 15.9 Å². The molecule has 0 aliphatic rings.